The number of rotatable bonds is 3. The molecule has 0 aromatic carbocycles. The van der Waals surface area contributed by atoms with Gasteiger partial charge in [0, 0.05) is 19.0 Å². The molecule has 0 aromatic heterocycles. The maximum atomic E-state index is 12.4. The predicted molar refractivity (Wildman–Crippen MR) is 71.6 cm³/mol. The molecule has 1 aliphatic heterocycles. The summed E-state index contributed by atoms with van der Waals surface area (Å²) in [6, 6.07) is 0. The van der Waals surface area contributed by atoms with Crippen molar-refractivity contribution in [3.63, 3.8) is 0 Å². The number of carbonyl (C=O) groups excluding carboxylic acids is 2. The smallest absolute Gasteiger partial charge is 0.306 e. The average Bonchev–Trinajstić information content (AvgIpc) is 2.46. The molecule has 0 aromatic rings. The second-order valence-corrected chi connectivity index (χ2v) is 5.91. The molecule has 0 bridgehead atoms. The molecule has 2 amide bonds. The Balaban J connectivity index is 1.88. The largest absolute Gasteiger partial charge is 0.481 e. The van der Waals surface area contributed by atoms with Crippen molar-refractivity contribution in [3.05, 3.63) is 0 Å². The van der Waals surface area contributed by atoms with Gasteiger partial charge in [0.05, 0.1) is 11.8 Å². The van der Waals surface area contributed by atoms with Gasteiger partial charge in [-0.1, -0.05) is 0 Å². The van der Waals surface area contributed by atoms with Crippen LogP contribution in [0, 0.1) is 17.8 Å². The van der Waals surface area contributed by atoms with Crippen molar-refractivity contribution in [2.45, 2.75) is 38.5 Å². The highest BCUT2D eigenvalue weighted by Gasteiger charge is 2.34. The number of carboxylic acid groups (broad SMARTS) is 1. The van der Waals surface area contributed by atoms with Crippen LogP contribution in [0.2, 0.25) is 0 Å². The first-order valence-corrected chi connectivity index (χ1v) is 7.30. The van der Waals surface area contributed by atoms with Gasteiger partial charge in [0.15, 0.2) is 0 Å². The summed E-state index contributed by atoms with van der Waals surface area (Å²) in [6.07, 6.45) is 3.97. The molecule has 2 rings (SSSR count). The van der Waals surface area contributed by atoms with Gasteiger partial charge in [-0.05, 0) is 38.5 Å². The van der Waals surface area contributed by atoms with E-state index in [1.165, 1.54) is 0 Å². The Labute approximate surface area is 118 Å². The van der Waals surface area contributed by atoms with E-state index >= 15 is 0 Å². The van der Waals surface area contributed by atoms with Gasteiger partial charge in [-0.2, -0.15) is 0 Å². The molecule has 1 unspecified atom stereocenters. The number of aliphatic carboxylic acids is 1. The third kappa shape index (κ3) is 3.29. The fraction of sp³-hybridized carbons (Fsp3) is 0.786. The molecule has 20 heavy (non-hydrogen) atoms. The summed E-state index contributed by atoms with van der Waals surface area (Å²) < 4.78 is 0. The Hall–Kier alpha value is -1.59. The van der Waals surface area contributed by atoms with Gasteiger partial charge in [0.25, 0.3) is 0 Å². The lowest BCUT2D eigenvalue weighted by molar-refractivity contribution is -0.146. The van der Waals surface area contributed by atoms with Gasteiger partial charge in [-0.3, -0.25) is 14.4 Å². The summed E-state index contributed by atoms with van der Waals surface area (Å²) in [5.74, 6) is -1.65. The highest BCUT2D eigenvalue weighted by molar-refractivity contribution is 5.82. The van der Waals surface area contributed by atoms with Crippen molar-refractivity contribution in [1.29, 1.82) is 0 Å². The Kier molecular flexibility index (Phi) is 4.62. The zero-order chi connectivity index (χ0) is 14.7. The number of primary amides is 1. The topological polar surface area (TPSA) is 101 Å². The number of likely N-dealkylation sites (tertiary alicyclic amines) is 1. The van der Waals surface area contributed by atoms with Crippen LogP contribution in [-0.2, 0) is 14.4 Å². The van der Waals surface area contributed by atoms with E-state index in [0.29, 0.717) is 38.8 Å². The fourth-order valence-electron chi connectivity index (χ4n) is 3.26. The highest BCUT2D eigenvalue weighted by atomic mass is 16.4. The summed E-state index contributed by atoms with van der Waals surface area (Å²) >= 11 is 0. The lowest BCUT2D eigenvalue weighted by Crippen LogP contribution is -2.46. The van der Waals surface area contributed by atoms with Crippen molar-refractivity contribution in [2.75, 3.05) is 13.1 Å². The standard InChI is InChI=1S/C14H22N2O4/c15-12(17)11-2-1-7-16(8-11)13(18)9-3-5-10(6-4-9)14(19)20/h9-11H,1-8H2,(H2,15,17)(H,19,20). The van der Waals surface area contributed by atoms with Crippen LogP contribution in [0.1, 0.15) is 38.5 Å². The molecule has 1 aliphatic carbocycles. The third-order valence-corrected chi connectivity index (χ3v) is 4.56. The monoisotopic (exact) mass is 282 g/mol. The molecule has 1 atom stereocenters. The SMILES string of the molecule is NC(=O)C1CCCN(C(=O)C2CCC(C(=O)O)CC2)C1. The van der Waals surface area contributed by atoms with Crippen molar-refractivity contribution in [3.8, 4) is 0 Å². The maximum absolute atomic E-state index is 12.4. The van der Waals surface area contributed by atoms with Crippen LogP contribution in [0.15, 0.2) is 0 Å². The average molecular weight is 282 g/mol. The number of nitrogens with two attached hydrogens (primary N) is 1. The molecule has 0 radical (unpaired) electrons. The summed E-state index contributed by atoms with van der Waals surface area (Å²) in [5, 5.41) is 8.96. The van der Waals surface area contributed by atoms with Crippen molar-refractivity contribution in [1.82, 2.24) is 4.90 Å². The summed E-state index contributed by atoms with van der Waals surface area (Å²) in [6.45, 7) is 1.11. The predicted octanol–water partition coefficient (Wildman–Crippen LogP) is 0.601. The first-order valence-electron chi connectivity index (χ1n) is 7.30. The molecule has 1 saturated carbocycles. The van der Waals surface area contributed by atoms with E-state index < -0.39 is 5.97 Å². The summed E-state index contributed by atoms with van der Waals surface area (Å²) in [7, 11) is 0. The lowest BCUT2D eigenvalue weighted by atomic mass is 9.81. The van der Waals surface area contributed by atoms with Gasteiger partial charge in [-0.15, -0.1) is 0 Å². The number of amides is 2. The number of carbonyl (C=O) groups is 3. The van der Waals surface area contributed by atoms with Crippen LogP contribution in [0.4, 0.5) is 0 Å². The number of hydrogen-bond donors (Lipinski definition) is 2. The summed E-state index contributed by atoms with van der Waals surface area (Å²) in [5.41, 5.74) is 5.32. The molecular formula is C14H22N2O4. The van der Waals surface area contributed by atoms with Crippen LogP contribution < -0.4 is 5.73 Å². The fourth-order valence-corrected chi connectivity index (χ4v) is 3.26. The normalized spacial score (nSPS) is 30.8. The molecule has 0 spiro atoms. The minimum Gasteiger partial charge on any atom is -0.481 e. The molecule has 3 N–H and O–H groups in total. The van der Waals surface area contributed by atoms with E-state index in [1.54, 1.807) is 4.90 Å². The second kappa shape index (κ2) is 6.24. The Morgan fingerprint density at radius 2 is 1.55 bits per heavy atom. The van der Waals surface area contributed by atoms with Gasteiger partial charge in [0.2, 0.25) is 11.8 Å². The first kappa shape index (κ1) is 14.8. The van der Waals surface area contributed by atoms with Crippen molar-refractivity contribution in [2.24, 2.45) is 23.5 Å². The van der Waals surface area contributed by atoms with E-state index in [4.69, 9.17) is 10.8 Å². The summed E-state index contributed by atoms with van der Waals surface area (Å²) in [4.78, 5) is 36.3. The molecule has 112 valence electrons. The van der Waals surface area contributed by atoms with Crippen LogP contribution in [-0.4, -0.2) is 40.9 Å². The van der Waals surface area contributed by atoms with Crippen molar-refractivity contribution >= 4 is 17.8 Å². The second-order valence-electron chi connectivity index (χ2n) is 5.91. The van der Waals surface area contributed by atoms with Crippen LogP contribution in [0.3, 0.4) is 0 Å². The minimum atomic E-state index is -0.761. The molecular weight excluding hydrogens is 260 g/mol. The first-order chi connectivity index (χ1) is 9.49. The van der Waals surface area contributed by atoms with Crippen LogP contribution in [0.5, 0.6) is 0 Å². The van der Waals surface area contributed by atoms with E-state index in [2.05, 4.69) is 0 Å². The van der Waals surface area contributed by atoms with E-state index in [-0.39, 0.29) is 29.6 Å². The zero-order valence-electron chi connectivity index (χ0n) is 11.6. The molecule has 1 heterocycles. The van der Waals surface area contributed by atoms with Gasteiger partial charge in [-0.25, -0.2) is 0 Å². The van der Waals surface area contributed by atoms with Crippen LogP contribution >= 0.6 is 0 Å². The molecule has 2 aliphatic rings. The molecule has 1 saturated heterocycles. The number of piperidine rings is 1. The number of hydrogen-bond acceptors (Lipinski definition) is 3. The third-order valence-electron chi connectivity index (χ3n) is 4.56. The molecule has 6 heteroatoms. The van der Waals surface area contributed by atoms with Gasteiger partial charge >= 0.3 is 5.97 Å². The van der Waals surface area contributed by atoms with Gasteiger partial charge in [0.1, 0.15) is 0 Å². The number of nitrogens with zero attached hydrogens (tertiary/aromatic N) is 1. The Bertz CT molecular complexity index is 402. The van der Waals surface area contributed by atoms with Crippen molar-refractivity contribution < 1.29 is 19.5 Å². The van der Waals surface area contributed by atoms with E-state index in [0.717, 1.165) is 12.8 Å². The highest BCUT2D eigenvalue weighted by Crippen LogP contribution is 2.31. The maximum Gasteiger partial charge on any atom is 0.306 e. The Morgan fingerprint density at radius 3 is 2.10 bits per heavy atom. The van der Waals surface area contributed by atoms with E-state index in [1.807, 2.05) is 0 Å². The Morgan fingerprint density at radius 1 is 0.950 bits per heavy atom. The zero-order valence-corrected chi connectivity index (χ0v) is 11.6. The van der Waals surface area contributed by atoms with Crippen LogP contribution in [0.25, 0.3) is 0 Å². The minimum absolute atomic E-state index is 0.0692. The molecule has 6 nitrogen and oxygen atoms in total. The number of carboxylic acids is 1. The quantitative estimate of drug-likeness (QED) is 0.791. The lowest BCUT2D eigenvalue weighted by Gasteiger charge is -2.35. The molecule has 2 fully saturated rings. The van der Waals surface area contributed by atoms with E-state index in [9.17, 15) is 14.4 Å². The van der Waals surface area contributed by atoms with Gasteiger partial charge < -0.3 is 15.7 Å².